The molecule has 0 unspecified atom stereocenters. The Morgan fingerprint density at radius 2 is 1.86 bits per heavy atom. The van der Waals surface area contributed by atoms with Gasteiger partial charge in [0.25, 0.3) is 0 Å². The minimum absolute atomic E-state index is 0.138. The fourth-order valence-electron chi connectivity index (χ4n) is 3.05. The number of carbonyl (C=O) groups excluding carboxylic acids is 1. The molecule has 0 atom stereocenters. The molecule has 3 heteroatoms. The summed E-state index contributed by atoms with van der Waals surface area (Å²) < 4.78 is 0. The number of alkyl halides is 1. The maximum Gasteiger partial charge on any atom is 0.220 e. The van der Waals surface area contributed by atoms with Crippen LogP contribution in [0.1, 0.15) is 49.7 Å². The van der Waals surface area contributed by atoms with Gasteiger partial charge in [-0.15, -0.1) is 11.6 Å². The molecule has 0 radical (unpaired) electrons. The van der Waals surface area contributed by atoms with E-state index in [4.69, 9.17) is 11.6 Å². The van der Waals surface area contributed by atoms with Gasteiger partial charge in [-0.3, -0.25) is 4.79 Å². The molecule has 0 aromatic heterocycles. The second kappa shape index (κ2) is 7.84. The third kappa shape index (κ3) is 5.03. The number of amides is 1. The van der Waals surface area contributed by atoms with Crippen LogP contribution in [0.25, 0.3) is 0 Å². The standard InChI is InChI=1S/C18H26ClNO/c1-15-5-7-16(8-6-15)9-10-17(21)20-14-18(13-19)11-3-2-4-12-18/h5-8H,2-4,9-14H2,1H3,(H,20,21). The van der Waals surface area contributed by atoms with Crippen molar-refractivity contribution in [1.29, 1.82) is 0 Å². The van der Waals surface area contributed by atoms with Gasteiger partial charge in [0.05, 0.1) is 0 Å². The van der Waals surface area contributed by atoms with Crippen molar-refractivity contribution in [2.24, 2.45) is 5.41 Å². The van der Waals surface area contributed by atoms with Crippen LogP contribution >= 0.6 is 11.6 Å². The zero-order valence-electron chi connectivity index (χ0n) is 13.0. The van der Waals surface area contributed by atoms with Crippen LogP contribution < -0.4 is 5.32 Å². The molecule has 0 heterocycles. The molecule has 0 bridgehead atoms. The van der Waals surface area contributed by atoms with E-state index in [0.717, 1.165) is 25.8 Å². The van der Waals surface area contributed by atoms with Crippen molar-refractivity contribution in [2.75, 3.05) is 12.4 Å². The summed E-state index contributed by atoms with van der Waals surface area (Å²) in [7, 11) is 0. The smallest absolute Gasteiger partial charge is 0.220 e. The molecule has 1 N–H and O–H groups in total. The molecule has 0 spiro atoms. The van der Waals surface area contributed by atoms with Crippen LogP contribution in [0.3, 0.4) is 0 Å². The van der Waals surface area contributed by atoms with Gasteiger partial charge >= 0.3 is 0 Å². The number of rotatable bonds is 6. The molecule has 1 fully saturated rings. The first-order chi connectivity index (χ1) is 10.1. The van der Waals surface area contributed by atoms with Crippen molar-refractivity contribution in [2.45, 2.75) is 51.9 Å². The van der Waals surface area contributed by atoms with Crippen molar-refractivity contribution in [1.82, 2.24) is 5.32 Å². The minimum atomic E-state index is 0.138. The highest BCUT2D eigenvalue weighted by Crippen LogP contribution is 2.36. The molecular weight excluding hydrogens is 282 g/mol. The quantitative estimate of drug-likeness (QED) is 0.783. The van der Waals surface area contributed by atoms with Crippen molar-refractivity contribution in [3.05, 3.63) is 35.4 Å². The lowest BCUT2D eigenvalue weighted by atomic mass is 9.75. The molecular formula is C18H26ClNO. The predicted molar refractivity (Wildman–Crippen MR) is 88.7 cm³/mol. The molecule has 0 saturated heterocycles. The Hall–Kier alpha value is -1.02. The Morgan fingerprint density at radius 1 is 1.19 bits per heavy atom. The topological polar surface area (TPSA) is 29.1 Å². The zero-order valence-corrected chi connectivity index (χ0v) is 13.7. The highest BCUT2D eigenvalue weighted by atomic mass is 35.5. The van der Waals surface area contributed by atoms with E-state index in [-0.39, 0.29) is 11.3 Å². The predicted octanol–water partition coefficient (Wildman–Crippen LogP) is 4.23. The minimum Gasteiger partial charge on any atom is -0.355 e. The highest BCUT2D eigenvalue weighted by molar-refractivity contribution is 6.18. The van der Waals surface area contributed by atoms with E-state index in [0.29, 0.717) is 12.3 Å². The van der Waals surface area contributed by atoms with Gasteiger partial charge in [0.15, 0.2) is 0 Å². The van der Waals surface area contributed by atoms with Crippen molar-refractivity contribution < 1.29 is 4.79 Å². The molecule has 1 aromatic rings. The third-order valence-corrected chi connectivity index (χ3v) is 5.19. The molecule has 116 valence electrons. The first-order valence-electron chi connectivity index (χ1n) is 8.02. The van der Waals surface area contributed by atoms with Crippen LogP contribution in [0.2, 0.25) is 0 Å². The fraction of sp³-hybridized carbons (Fsp3) is 0.611. The fourth-order valence-corrected chi connectivity index (χ4v) is 3.41. The summed E-state index contributed by atoms with van der Waals surface area (Å²) >= 11 is 6.16. The number of benzene rings is 1. The zero-order chi connectivity index (χ0) is 15.1. The Bertz CT molecular complexity index is 449. The van der Waals surface area contributed by atoms with Crippen molar-refractivity contribution in [3.63, 3.8) is 0 Å². The van der Waals surface area contributed by atoms with E-state index in [2.05, 4.69) is 36.5 Å². The first kappa shape index (κ1) is 16.4. The number of hydrogen-bond acceptors (Lipinski definition) is 1. The van der Waals surface area contributed by atoms with E-state index in [9.17, 15) is 4.79 Å². The monoisotopic (exact) mass is 307 g/mol. The second-order valence-electron chi connectivity index (χ2n) is 6.46. The maximum absolute atomic E-state index is 12.0. The SMILES string of the molecule is Cc1ccc(CCC(=O)NCC2(CCl)CCCCC2)cc1. The third-order valence-electron chi connectivity index (χ3n) is 4.62. The van der Waals surface area contributed by atoms with Crippen LogP contribution in [0, 0.1) is 12.3 Å². The van der Waals surface area contributed by atoms with Crippen LogP contribution in [-0.2, 0) is 11.2 Å². The summed E-state index contributed by atoms with van der Waals surface area (Å²) in [6.45, 7) is 2.81. The lowest BCUT2D eigenvalue weighted by Gasteiger charge is -2.35. The van der Waals surface area contributed by atoms with E-state index >= 15 is 0 Å². The summed E-state index contributed by atoms with van der Waals surface area (Å²) in [5.74, 6) is 0.802. The van der Waals surface area contributed by atoms with Gasteiger partial charge in [0.2, 0.25) is 5.91 Å². The molecule has 1 amide bonds. The summed E-state index contributed by atoms with van der Waals surface area (Å²) in [5.41, 5.74) is 2.62. The van der Waals surface area contributed by atoms with Crippen molar-refractivity contribution >= 4 is 17.5 Å². The Labute approximate surface area is 133 Å². The van der Waals surface area contributed by atoms with Gasteiger partial charge < -0.3 is 5.32 Å². The maximum atomic E-state index is 12.0. The normalized spacial score (nSPS) is 17.4. The highest BCUT2D eigenvalue weighted by Gasteiger charge is 2.31. The average molecular weight is 308 g/mol. The van der Waals surface area contributed by atoms with Crippen LogP contribution in [-0.4, -0.2) is 18.3 Å². The van der Waals surface area contributed by atoms with Gasteiger partial charge in [-0.25, -0.2) is 0 Å². The Morgan fingerprint density at radius 3 is 2.48 bits per heavy atom. The van der Waals surface area contributed by atoms with Gasteiger partial charge in [-0.05, 0) is 31.7 Å². The Kier molecular flexibility index (Phi) is 6.10. The number of nitrogens with one attached hydrogen (secondary N) is 1. The summed E-state index contributed by atoms with van der Waals surface area (Å²) in [5, 5.41) is 3.10. The van der Waals surface area contributed by atoms with Crippen LogP contribution in [0.15, 0.2) is 24.3 Å². The van der Waals surface area contributed by atoms with Gasteiger partial charge in [0, 0.05) is 24.3 Å². The number of carbonyl (C=O) groups is 1. The lowest BCUT2D eigenvalue weighted by molar-refractivity contribution is -0.121. The average Bonchev–Trinajstić information content (AvgIpc) is 2.53. The van der Waals surface area contributed by atoms with Gasteiger partial charge in [-0.2, -0.15) is 0 Å². The number of hydrogen-bond donors (Lipinski definition) is 1. The number of halogens is 1. The molecule has 1 aliphatic rings. The molecule has 2 rings (SSSR count). The van der Waals surface area contributed by atoms with Crippen molar-refractivity contribution in [3.8, 4) is 0 Å². The van der Waals surface area contributed by atoms with Gasteiger partial charge in [0.1, 0.15) is 0 Å². The van der Waals surface area contributed by atoms with E-state index in [1.807, 2.05) is 0 Å². The summed E-state index contributed by atoms with van der Waals surface area (Å²) in [4.78, 5) is 12.0. The lowest BCUT2D eigenvalue weighted by Crippen LogP contribution is -2.40. The Balaban J connectivity index is 1.75. The molecule has 1 aliphatic carbocycles. The van der Waals surface area contributed by atoms with Crippen LogP contribution in [0.5, 0.6) is 0 Å². The summed E-state index contributed by atoms with van der Waals surface area (Å²) in [6.07, 6.45) is 7.45. The van der Waals surface area contributed by atoms with E-state index < -0.39 is 0 Å². The first-order valence-corrected chi connectivity index (χ1v) is 8.55. The van der Waals surface area contributed by atoms with E-state index in [1.54, 1.807) is 0 Å². The van der Waals surface area contributed by atoms with E-state index in [1.165, 1.54) is 30.4 Å². The summed E-state index contributed by atoms with van der Waals surface area (Å²) in [6, 6.07) is 8.39. The number of aryl methyl sites for hydroxylation is 2. The molecule has 1 aromatic carbocycles. The van der Waals surface area contributed by atoms with Gasteiger partial charge in [-0.1, -0.05) is 49.1 Å². The van der Waals surface area contributed by atoms with Crippen LogP contribution in [0.4, 0.5) is 0 Å². The molecule has 2 nitrogen and oxygen atoms in total. The molecule has 0 aliphatic heterocycles. The largest absolute Gasteiger partial charge is 0.355 e. The molecule has 1 saturated carbocycles. The molecule has 21 heavy (non-hydrogen) atoms. The second-order valence-corrected chi connectivity index (χ2v) is 6.72.